The number of amides is 4. The number of hydrogen-bond acceptors (Lipinski definition) is 5. The van der Waals surface area contributed by atoms with Crippen LogP contribution in [0.15, 0.2) is 24.3 Å². The van der Waals surface area contributed by atoms with Gasteiger partial charge in [-0.3, -0.25) is 14.5 Å². The molecule has 0 saturated carbocycles. The van der Waals surface area contributed by atoms with Crippen molar-refractivity contribution < 1.29 is 23.9 Å². The molecular formula is C17H23N3O5. The second-order valence-corrected chi connectivity index (χ2v) is 5.98. The van der Waals surface area contributed by atoms with E-state index in [0.717, 1.165) is 10.5 Å². The van der Waals surface area contributed by atoms with Crippen LogP contribution in [0.2, 0.25) is 0 Å². The molecule has 1 fully saturated rings. The van der Waals surface area contributed by atoms with Crippen LogP contribution in [0.3, 0.4) is 0 Å². The van der Waals surface area contributed by atoms with Crippen LogP contribution >= 0.6 is 0 Å². The van der Waals surface area contributed by atoms with E-state index in [4.69, 9.17) is 9.47 Å². The number of nitrogens with one attached hydrogen (secondary N) is 2. The van der Waals surface area contributed by atoms with E-state index in [1.807, 2.05) is 18.2 Å². The first-order chi connectivity index (χ1) is 11.9. The molecule has 1 saturated heterocycles. The molecule has 4 amide bonds. The topological polar surface area (TPSA) is 97.0 Å². The number of hydrogen-bond donors (Lipinski definition) is 2. The summed E-state index contributed by atoms with van der Waals surface area (Å²) in [5.74, 6) is -0.214. The van der Waals surface area contributed by atoms with Gasteiger partial charge in [0.2, 0.25) is 5.91 Å². The normalized spacial score (nSPS) is 19.7. The Labute approximate surface area is 146 Å². The first kappa shape index (κ1) is 18.7. The molecule has 1 aromatic carbocycles. The lowest BCUT2D eigenvalue weighted by Gasteiger charge is -2.22. The van der Waals surface area contributed by atoms with Gasteiger partial charge in [0.1, 0.15) is 17.8 Å². The number of carbonyl (C=O) groups is 3. The second-order valence-electron chi connectivity index (χ2n) is 5.98. The molecule has 25 heavy (non-hydrogen) atoms. The highest BCUT2D eigenvalue weighted by molar-refractivity contribution is 6.09. The van der Waals surface area contributed by atoms with E-state index >= 15 is 0 Å². The number of methoxy groups -OCH3 is 2. The van der Waals surface area contributed by atoms with Crippen LogP contribution in [0.25, 0.3) is 0 Å². The lowest BCUT2D eigenvalue weighted by atomic mass is 9.92. The molecule has 2 N–H and O–H groups in total. The average molecular weight is 349 g/mol. The summed E-state index contributed by atoms with van der Waals surface area (Å²) < 4.78 is 10.1. The predicted molar refractivity (Wildman–Crippen MR) is 90.2 cm³/mol. The molecule has 1 heterocycles. The van der Waals surface area contributed by atoms with Gasteiger partial charge < -0.3 is 20.1 Å². The van der Waals surface area contributed by atoms with Gasteiger partial charge in [-0.25, -0.2) is 4.79 Å². The van der Waals surface area contributed by atoms with Gasteiger partial charge in [0.25, 0.3) is 5.91 Å². The summed E-state index contributed by atoms with van der Waals surface area (Å²) >= 11 is 0. The summed E-state index contributed by atoms with van der Waals surface area (Å²) in [5.41, 5.74) is -0.328. The Morgan fingerprint density at radius 1 is 1.28 bits per heavy atom. The molecule has 0 unspecified atom stereocenters. The van der Waals surface area contributed by atoms with Gasteiger partial charge in [-0.05, 0) is 18.6 Å². The van der Waals surface area contributed by atoms with Gasteiger partial charge in [-0.15, -0.1) is 0 Å². The fourth-order valence-corrected chi connectivity index (χ4v) is 2.73. The van der Waals surface area contributed by atoms with Gasteiger partial charge in [-0.1, -0.05) is 18.2 Å². The molecule has 1 aromatic rings. The number of para-hydroxylation sites is 1. The first-order valence-electron chi connectivity index (χ1n) is 7.93. The van der Waals surface area contributed by atoms with Gasteiger partial charge >= 0.3 is 6.03 Å². The van der Waals surface area contributed by atoms with Crippen molar-refractivity contribution in [1.29, 1.82) is 0 Å². The van der Waals surface area contributed by atoms with Crippen molar-refractivity contribution in [1.82, 2.24) is 15.5 Å². The van der Waals surface area contributed by atoms with Crippen LogP contribution in [0.1, 0.15) is 12.5 Å². The van der Waals surface area contributed by atoms with Crippen LogP contribution in [0, 0.1) is 0 Å². The fraction of sp³-hybridized carbons (Fsp3) is 0.471. The molecule has 8 heteroatoms. The van der Waals surface area contributed by atoms with E-state index in [1.54, 1.807) is 20.1 Å². The highest BCUT2D eigenvalue weighted by Crippen LogP contribution is 2.27. The van der Waals surface area contributed by atoms with Crippen molar-refractivity contribution in [2.24, 2.45) is 0 Å². The zero-order valence-corrected chi connectivity index (χ0v) is 14.6. The van der Waals surface area contributed by atoms with Gasteiger partial charge in [0, 0.05) is 20.1 Å². The molecule has 1 aliphatic heterocycles. The predicted octanol–water partition coefficient (Wildman–Crippen LogP) is 0.311. The molecule has 0 bridgehead atoms. The van der Waals surface area contributed by atoms with Crippen molar-refractivity contribution in [2.75, 3.05) is 33.9 Å². The quantitative estimate of drug-likeness (QED) is 0.520. The third kappa shape index (κ3) is 4.27. The molecule has 136 valence electrons. The summed E-state index contributed by atoms with van der Waals surface area (Å²) in [6.07, 6.45) is 0.267. The minimum atomic E-state index is -1.13. The smallest absolute Gasteiger partial charge is 0.325 e. The monoisotopic (exact) mass is 349 g/mol. The molecule has 0 aliphatic carbocycles. The van der Waals surface area contributed by atoms with Crippen LogP contribution in [0.4, 0.5) is 4.79 Å². The summed E-state index contributed by atoms with van der Waals surface area (Å²) in [5, 5.41) is 5.27. The summed E-state index contributed by atoms with van der Waals surface area (Å²) in [6, 6.07) is 6.72. The van der Waals surface area contributed by atoms with E-state index in [1.165, 1.54) is 7.11 Å². The summed E-state index contributed by atoms with van der Waals surface area (Å²) in [6.45, 7) is 1.99. The van der Waals surface area contributed by atoms with E-state index in [-0.39, 0.29) is 13.0 Å². The van der Waals surface area contributed by atoms with Crippen molar-refractivity contribution >= 4 is 17.8 Å². The maximum Gasteiger partial charge on any atom is 0.325 e. The minimum absolute atomic E-state index is 0.267. The third-order valence-electron chi connectivity index (χ3n) is 4.01. The number of rotatable bonds is 8. The fourth-order valence-electron chi connectivity index (χ4n) is 2.73. The molecule has 0 radical (unpaired) electrons. The number of imide groups is 1. The van der Waals surface area contributed by atoms with Gasteiger partial charge in [-0.2, -0.15) is 0 Å². The minimum Gasteiger partial charge on any atom is -0.496 e. The Morgan fingerprint density at radius 2 is 2.00 bits per heavy atom. The standard InChI is InChI=1S/C17H23N3O5/c1-17(10-12-6-4-5-7-13(12)25-3)15(22)20(16(23)19-17)11-14(21)18-8-9-24-2/h4-7H,8-11H2,1-3H3,(H,18,21)(H,19,23)/t17-/m0/s1. The molecule has 0 spiro atoms. The van der Waals surface area contributed by atoms with Crippen molar-refractivity contribution in [3.05, 3.63) is 29.8 Å². The van der Waals surface area contributed by atoms with E-state index in [2.05, 4.69) is 10.6 Å². The average Bonchev–Trinajstić information content (AvgIpc) is 2.79. The van der Waals surface area contributed by atoms with E-state index in [9.17, 15) is 14.4 Å². The lowest BCUT2D eigenvalue weighted by Crippen LogP contribution is -2.47. The third-order valence-corrected chi connectivity index (χ3v) is 4.01. The van der Waals surface area contributed by atoms with Crippen LogP contribution in [0.5, 0.6) is 5.75 Å². The van der Waals surface area contributed by atoms with E-state index < -0.39 is 23.4 Å². The molecule has 1 aliphatic rings. The Kier molecular flexibility index (Phi) is 5.97. The highest BCUT2D eigenvalue weighted by atomic mass is 16.5. The number of carbonyl (C=O) groups excluding carboxylic acids is 3. The van der Waals surface area contributed by atoms with Crippen LogP contribution < -0.4 is 15.4 Å². The second kappa shape index (κ2) is 7.98. The Hall–Kier alpha value is -2.61. The molecule has 1 atom stereocenters. The molecule has 0 aromatic heterocycles. The van der Waals surface area contributed by atoms with E-state index in [0.29, 0.717) is 18.9 Å². The Balaban J connectivity index is 2.07. The van der Waals surface area contributed by atoms with Crippen LogP contribution in [-0.4, -0.2) is 62.2 Å². The van der Waals surface area contributed by atoms with Crippen molar-refractivity contribution in [3.63, 3.8) is 0 Å². The van der Waals surface area contributed by atoms with Crippen molar-refractivity contribution in [2.45, 2.75) is 18.9 Å². The van der Waals surface area contributed by atoms with Crippen molar-refractivity contribution in [3.8, 4) is 5.75 Å². The molecular weight excluding hydrogens is 326 g/mol. The molecule has 8 nitrogen and oxygen atoms in total. The maximum atomic E-state index is 12.7. The maximum absolute atomic E-state index is 12.7. The first-order valence-corrected chi connectivity index (χ1v) is 7.93. The van der Waals surface area contributed by atoms with Gasteiger partial charge in [0.05, 0.1) is 13.7 Å². The van der Waals surface area contributed by atoms with Gasteiger partial charge in [0.15, 0.2) is 0 Å². The lowest BCUT2D eigenvalue weighted by molar-refractivity contribution is -0.134. The number of nitrogens with zero attached hydrogens (tertiary/aromatic N) is 1. The Morgan fingerprint density at radius 3 is 2.68 bits per heavy atom. The number of benzene rings is 1. The zero-order valence-electron chi connectivity index (χ0n) is 14.6. The zero-order chi connectivity index (χ0) is 18.4. The summed E-state index contributed by atoms with van der Waals surface area (Å²) in [7, 11) is 3.07. The largest absolute Gasteiger partial charge is 0.496 e. The Bertz CT molecular complexity index is 663. The number of urea groups is 1. The summed E-state index contributed by atoms with van der Waals surface area (Å²) in [4.78, 5) is 37.7. The van der Waals surface area contributed by atoms with Crippen LogP contribution in [-0.2, 0) is 20.7 Å². The number of ether oxygens (including phenoxy) is 2. The highest BCUT2D eigenvalue weighted by Gasteiger charge is 2.48. The molecule has 2 rings (SSSR count). The SMILES string of the molecule is COCCNC(=O)CN1C(=O)N[C@@](C)(Cc2ccccc2OC)C1=O.